The summed E-state index contributed by atoms with van der Waals surface area (Å²) < 4.78 is 0. The van der Waals surface area contributed by atoms with Crippen LogP contribution in [-0.4, -0.2) is 18.4 Å². The zero-order valence-electron chi connectivity index (χ0n) is 13.0. The molecule has 0 saturated carbocycles. The minimum absolute atomic E-state index is 0.125. The molecule has 0 aromatic heterocycles. The van der Waals surface area contributed by atoms with Crippen LogP contribution in [0.4, 0.5) is 11.4 Å². The smallest absolute Gasteiger partial charge is 0.229 e. The zero-order chi connectivity index (χ0) is 18.0. The van der Waals surface area contributed by atoms with Gasteiger partial charge < -0.3 is 10.2 Å². The van der Waals surface area contributed by atoms with Gasteiger partial charge in [-0.05, 0) is 36.4 Å². The number of nitriles is 1. The van der Waals surface area contributed by atoms with Gasteiger partial charge in [0.25, 0.3) is 0 Å². The Morgan fingerprint density at radius 3 is 2.72 bits per heavy atom. The monoisotopic (exact) mass is 373 g/mol. The average molecular weight is 374 g/mol. The Balaban J connectivity index is 1.71. The molecule has 25 heavy (non-hydrogen) atoms. The van der Waals surface area contributed by atoms with Crippen LogP contribution in [-0.2, 0) is 9.59 Å². The first-order valence-electron chi connectivity index (χ1n) is 7.54. The van der Waals surface area contributed by atoms with E-state index in [1.54, 1.807) is 35.2 Å². The van der Waals surface area contributed by atoms with E-state index in [1.807, 2.05) is 6.07 Å². The lowest BCUT2D eigenvalue weighted by molar-refractivity contribution is -0.122. The van der Waals surface area contributed by atoms with E-state index in [4.69, 9.17) is 28.5 Å². The molecule has 0 radical (unpaired) electrons. The Kier molecular flexibility index (Phi) is 4.93. The van der Waals surface area contributed by atoms with E-state index in [-0.39, 0.29) is 29.8 Å². The van der Waals surface area contributed by atoms with Crippen LogP contribution in [0.2, 0.25) is 10.0 Å². The van der Waals surface area contributed by atoms with E-state index < -0.39 is 5.92 Å². The molecule has 2 aromatic carbocycles. The lowest BCUT2D eigenvalue weighted by Gasteiger charge is -2.17. The Morgan fingerprint density at radius 1 is 1.24 bits per heavy atom. The summed E-state index contributed by atoms with van der Waals surface area (Å²) in [6.07, 6.45) is 0.127. The Labute approximate surface area is 154 Å². The maximum absolute atomic E-state index is 12.4. The van der Waals surface area contributed by atoms with Crippen LogP contribution in [0.25, 0.3) is 0 Å². The fourth-order valence-corrected chi connectivity index (χ4v) is 3.11. The zero-order valence-corrected chi connectivity index (χ0v) is 14.5. The number of rotatable bonds is 3. The average Bonchev–Trinajstić information content (AvgIpc) is 2.97. The molecule has 1 N–H and O–H groups in total. The molecular weight excluding hydrogens is 361 g/mol. The molecule has 1 aliphatic heterocycles. The van der Waals surface area contributed by atoms with E-state index in [2.05, 4.69) is 5.32 Å². The van der Waals surface area contributed by atoms with Gasteiger partial charge in [0.15, 0.2) is 0 Å². The molecule has 126 valence electrons. The first kappa shape index (κ1) is 17.3. The SMILES string of the molecule is N#Cc1ccc(NC(=O)C2CC(=O)N(c3cccc(Cl)c3)C2)cc1Cl. The van der Waals surface area contributed by atoms with Gasteiger partial charge in [0, 0.05) is 29.4 Å². The molecule has 7 heteroatoms. The summed E-state index contributed by atoms with van der Waals surface area (Å²) in [7, 11) is 0. The molecule has 1 heterocycles. The van der Waals surface area contributed by atoms with Gasteiger partial charge in [0.1, 0.15) is 6.07 Å². The predicted molar refractivity (Wildman–Crippen MR) is 96.7 cm³/mol. The summed E-state index contributed by atoms with van der Waals surface area (Å²) in [5.74, 6) is -0.861. The van der Waals surface area contributed by atoms with Crippen LogP contribution in [0.1, 0.15) is 12.0 Å². The van der Waals surface area contributed by atoms with E-state index in [0.29, 0.717) is 22.0 Å². The summed E-state index contributed by atoms with van der Waals surface area (Å²) in [5, 5.41) is 12.4. The molecule has 1 aliphatic rings. The van der Waals surface area contributed by atoms with Gasteiger partial charge in [-0.15, -0.1) is 0 Å². The second kappa shape index (κ2) is 7.14. The molecule has 0 aliphatic carbocycles. The lowest BCUT2D eigenvalue weighted by Crippen LogP contribution is -2.28. The predicted octanol–water partition coefficient (Wildman–Crippen LogP) is 3.86. The number of benzene rings is 2. The number of amides is 2. The summed E-state index contributed by atoms with van der Waals surface area (Å²) in [5.41, 5.74) is 1.50. The van der Waals surface area contributed by atoms with Crippen LogP contribution in [0.15, 0.2) is 42.5 Å². The standard InChI is InChI=1S/C18H13Cl2N3O2/c19-13-2-1-3-15(7-13)23-10-12(6-17(23)24)18(25)22-14-5-4-11(9-21)16(20)8-14/h1-5,7-8,12H,6,10H2,(H,22,25). The number of nitrogens with zero attached hydrogens (tertiary/aromatic N) is 2. The highest BCUT2D eigenvalue weighted by molar-refractivity contribution is 6.32. The highest BCUT2D eigenvalue weighted by Gasteiger charge is 2.35. The van der Waals surface area contributed by atoms with E-state index in [1.165, 1.54) is 12.1 Å². The first-order valence-corrected chi connectivity index (χ1v) is 8.30. The number of halogens is 2. The fraction of sp³-hybridized carbons (Fsp3) is 0.167. The molecular formula is C18H13Cl2N3O2. The Morgan fingerprint density at radius 2 is 2.04 bits per heavy atom. The van der Waals surface area contributed by atoms with Crippen molar-refractivity contribution in [2.75, 3.05) is 16.8 Å². The maximum atomic E-state index is 12.4. The van der Waals surface area contributed by atoms with E-state index >= 15 is 0 Å². The summed E-state index contributed by atoms with van der Waals surface area (Å²) in [4.78, 5) is 26.2. The van der Waals surface area contributed by atoms with Crippen molar-refractivity contribution in [3.05, 3.63) is 58.1 Å². The van der Waals surface area contributed by atoms with E-state index in [0.717, 1.165) is 0 Å². The third kappa shape index (κ3) is 3.76. The van der Waals surface area contributed by atoms with Crippen molar-refractivity contribution in [1.82, 2.24) is 0 Å². The van der Waals surface area contributed by atoms with Crippen molar-refractivity contribution in [2.45, 2.75) is 6.42 Å². The third-order valence-electron chi connectivity index (χ3n) is 3.97. The van der Waals surface area contributed by atoms with Crippen molar-refractivity contribution >= 4 is 46.4 Å². The van der Waals surface area contributed by atoms with E-state index in [9.17, 15) is 9.59 Å². The highest BCUT2D eigenvalue weighted by Crippen LogP contribution is 2.28. The minimum Gasteiger partial charge on any atom is -0.326 e. The van der Waals surface area contributed by atoms with Crippen molar-refractivity contribution < 1.29 is 9.59 Å². The normalized spacial score (nSPS) is 16.6. The quantitative estimate of drug-likeness (QED) is 0.887. The minimum atomic E-state index is -0.471. The molecule has 2 aromatic rings. The van der Waals surface area contributed by atoms with Crippen LogP contribution in [0.5, 0.6) is 0 Å². The maximum Gasteiger partial charge on any atom is 0.229 e. The molecule has 1 atom stereocenters. The number of hydrogen-bond acceptors (Lipinski definition) is 3. The second-order valence-electron chi connectivity index (χ2n) is 5.68. The molecule has 3 rings (SSSR count). The fourth-order valence-electron chi connectivity index (χ4n) is 2.70. The molecule has 5 nitrogen and oxygen atoms in total. The third-order valence-corrected chi connectivity index (χ3v) is 4.52. The molecule has 2 amide bonds. The second-order valence-corrected chi connectivity index (χ2v) is 6.52. The number of nitrogens with one attached hydrogen (secondary N) is 1. The molecule has 1 fully saturated rings. The number of anilines is 2. The van der Waals surface area contributed by atoms with Gasteiger partial charge >= 0.3 is 0 Å². The number of carbonyl (C=O) groups is 2. The van der Waals surface area contributed by atoms with Crippen LogP contribution in [0, 0.1) is 17.2 Å². The van der Waals surface area contributed by atoms with Crippen molar-refractivity contribution in [3.8, 4) is 6.07 Å². The summed E-state index contributed by atoms with van der Waals surface area (Å²) >= 11 is 11.9. The highest BCUT2D eigenvalue weighted by atomic mass is 35.5. The lowest BCUT2D eigenvalue weighted by atomic mass is 10.1. The Bertz CT molecular complexity index is 892. The topological polar surface area (TPSA) is 73.2 Å². The summed E-state index contributed by atoms with van der Waals surface area (Å²) in [6.45, 7) is 0.287. The van der Waals surface area contributed by atoms with Gasteiger partial charge in [-0.2, -0.15) is 5.26 Å². The number of carbonyl (C=O) groups excluding carboxylic acids is 2. The van der Waals surface area contributed by atoms with Gasteiger partial charge in [-0.25, -0.2) is 0 Å². The van der Waals surface area contributed by atoms with Gasteiger partial charge in [-0.1, -0.05) is 29.3 Å². The number of hydrogen-bond donors (Lipinski definition) is 1. The van der Waals surface area contributed by atoms with Crippen molar-refractivity contribution in [2.24, 2.45) is 5.92 Å². The summed E-state index contributed by atoms with van der Waals surface area (Å²) in [6, 6.07) is 13.6. The van der Waals surface area contributed by atoms with Crippen molar-refractivity contribution in [3.63, 3.8) is 0 Å². The van der Waals surface area contributed by atoms with Crippen LogP contribution >= 0.6 is 23.2 Å². The van der Waals surface area contributed by atoms with Crippen LogP contribution in [0.3, 0.4) is 0 Å². The van der Waals surface area contributed by atoms with Gasteiger partial charge in [0.2, 0.25) is 11.8 Å². The molecule has 0 bridgehead atoms. The van der Waals surface area contributed by atoms with Crippen molar-refractivity contribution in [1.29, 1.82) is 5.26 Å². The first-order chi connectivity index (χ1) is 12.0. The molecule has 0 spiro atoms. The van der Waals surface area contributed by atoms with Gasteiger partial charge in [0.05, 0.1) is 16.5 Å². The largest absolute Gasteiger partial charge is 0.326 e. The van der Waals surface area contributed by atoms with Gasteiger partial charge in [-0.3, -0.25) is 9.59 Å². The molecule has 1 unspecified atom stereocenters. The molecule has 1 saturated heterocycles. The Hall–Kier alpha value is -2.55. The van der Waals surface area contributed by atoms with Crippen LogP contribution < -0.4 is 10.2 Å².